The Kier molecular flexibility index (Phi) is 2.14. The molecule has 0 heterocycles. The summed E-state index contributed by atoms with van der Waals surface area (Å²) in [5.74, 6) is 0. The van der Waals surface area contributed by atoms with Gasteiger partial charge in [-0.25, -0.2) is 0 Å². The smallest absolute Gasteiger partial charge is 0.0304 e. The molecular formula is C11H14S. The summed E-state index contributed by atoms with van der Waals surface area (Å²) in [6, 6.07) is 0. The van der Waals surface area contributed by atoms with Gasteiger partial charge in [0.2, 0.25) is 0 Å². The summed E-state index contributed by atoms with van der Waals surface area (Å²) in [5.41, 5.74) is 4.48. The zero-order chi connectivity index (χ0) is 8.55. The first-order chi connectivity index (χ1) is 5.79. The van der Waals surface area contributed by atoms with Gasteiger partial charge < -0.3 is 0 Å². The molecule has 12 heavy (non-hydrogen) atoms. The molecule has 0 bridgehead atoms. The third kappa shape index (κ3) is 1.27. The molecule has 0 aromatic carbocycles. The van der Waals surface area contributed by atoms with Crippen LogP contribution in [-0.2, 0) is 0 Å². The van der Waals surface area contributed by atoms with E-state index in [9.17, 15) is 0 Å². The fraction of sp³-hybridized carbons (Fsp3) is 0.455. The highest BCUT2D eigenvalue weighted by atomic mass is 32.1. The van der Waals surface area contributed by atoms with Crippen molar-refractivity contribution in [2.24, 2.45) is 0 Å². The van der Waals surface area contributed by atoms with E-state index in [-0.39, 0.29) is 0 Å². The van der Waals surface area contributed by atoms with Gasteiger partial charge in [-0.2, -0.15) is 12.6 Å². The van der Waals surface area contributed by atoms with Gasteiger partial charge in [-0.05, 0) is 37.3 Å². The largest absolute Gasteiger partial charge is 0.171 e. The Hall–Kier alpha value is -0.430. The van der Waals surface area contributed by atoms with Crippen LogP contribution in [0.2, 0.25) is 0 Å². The van der Waals surface area contributed by atoms with Crippen LogP contribution >= 0.6 is 12.6 Å². The van der Waals surface area contributed by atoms with Gasteiger partial charge in [-0.15, -0.1) is 0 Å². The van der Waals surface area contributed by atoms with Crippen molar-refractivity contribution < 1.29 is 0 Å². The lowest BCUT2D eigenvalue weighted by Crippen LogP contribution is -2.11. The molecule has 0 aromatic heterocycles. The van der Waals surface area contributed by atoms with Gasteiger partial charge in [0.05, 0.1) is 0 Å². The lowest BCUT2D eigenvalue weighted by atomic mass is 9.85. The Morgan fingerprint density at radius 1 is 1.50 bits per heavy atom. The van der Waals surface area contributed by atoms with Crippen LogP contribution in [-0.4, -0.2) is 5.25 Å². The first-order valence-electron chi connectivity index (χ1n) is 4.54. The molecule has 1 atom stereocenters. The molecule has 0 N–H and O–H groups in total. The van der Waals surface area contributed by atoms with Gasteiger partial charge >= 0.3 is 0 Å². The fourth-order valence-electron chi connectivity index (χ4n) is 1.96. The highest BCUT2D eigenvalue weighted by Crippen LogP contribution is 2.34. The van der Waals surface area contributed by atoms with Crippen molar-refractivity contribution in [2.75, 3.05) is 0 Å². The van der Waals surface area contributed by atoms with E-state index in [2.05, 4.69) is 37.8 Å². The number of rotatable bonds is 0. The molecule has 0 amide bonds. The molecule has 2 rings (SSSR count). The summed E-state index contributed by atoms with van der Waals surface area (Å²) in [6.07, 6.45) is 10.3. The van der Waals surface area contributed by atoms with E-state index >= 15 is 0 Å². The highest BCUT2D eigenvalue weighted by Gasteiger charge is 2.19. The minimum absolute atomic E-state index is 0.445. The maximum absolute atomic E-state index is 4.57. The van der Waals surface area contributed by atoms with Gasteiger partial charge in [0.15, 0.2) is 0 Å². The molecule has 0 nitrogen and oxygen atoms in total. The first-order valence-corrected chi connectivity index (χ1v) is 5.05. The van der Waals surface area contributed by atoms with Crippen LogP contribution in [0.4, 0.5) is 0 Å². The molecule has 2 aliphatic rings. The van der Waals surface area contributed by atoms with E-state index in [0.29, 0.717) is 5.25 Å². The summed E-state index contributed by atoms with van der Waals surface area (Å²) >= 11 is 4.57. The maximum atomic E-state index is 4.57. The van der Waals surface area contributed by atoms with Gasteiger partial charge in [0, 0.05) is 5.25 Å². The number of thiol groups is 1. The van der Waals surface area contributed by atoms with Crippen molar-refractivity contribution in [1.82, 2.24) is 0 Å². The monoisotopic (exact) mass is 178 g/mol. The number of hydrogen-bond donors (Lipinski definition) is 1. The van der Waals surface area contributed by atoms with Crippen molar-refractivity contribution >= 4 is 12.6 Å². The van der Waals surface area contributed by atoms with Crippen molar-refractivity contribution in [3.8, 4) is 0 Å². The molecule has 1 heteroatoms. The minimum Gasteiger partial charge on any atom is -0.171 e. The van der Waals surface area contributed by atoms with E-state index in [1.54, 1.807) is 5.57 Å². The van der Waals surface area contributed by atoms with E-state index in [1.807, 2.05) is 0 Å². The van der Waals surface area contributed by atoms with Crippen molar-refractivity contribution in [3.63, 3.8) is 0 Å². The zero-order valence-electron chi connectivity index (χ0n) is 7.38. The minimum atomic E-state index is 0.445. The molecule has 0 aliphatic heterocycles. The van der Waals surface area contributed by atoms with E-state index in [0.717, 1.165) is 6.42 Å². The highest BCUT2D eigenvalue weighted by molar-refractivity contribution is 7.81. The Morgan fingerprint density at radius 2 is 2.33 bits per heavy atom. The Morgan fingerprint density at radius 3 is 3.08 bits per heavy atom. The molecule has 1 unspecified atom stereocenters. The second kappa shape index (κ2) is 3.14. The number of allylic oxidation sites excluding steroid dienone is 5. The predicted molar refractivity (Wildman–Crippen MR) is 56.5 cm³/mol. The molecule has 0 radical (unpaired) electrons. The van der Waals surface area contributed by atoms with E-state index in [1.165, 1.54) is 24.0 Å². The second-order valence-electron chi connectivity index (χ2n) is 3.51. The first kappa shape index (κ1) is 8.18. The van der Waals surface area contributed by atoms with Gasteiger partial charge in [-0.1, -0.05) is 23.8 Å². The second-order valence-corrected chi connectivity index (χ2v) is 4.14. The third-order valence-electron chi connectivity index (χ3n) is 2.69. The van der Waals surface area contributed by atoms with Crippen LogP contribution in [0.3, 0.4) is 0 Å². The quantitative estimate of drug-likeness (QED) is 0.541. The van der Waals surface area contributed by atoms with Crippen LogP contribution in [0.25, 0.3) is 0 Å². The van der Waals surface area contributed by atoms with Crippen LogP contribution in [0.5, 0.6) is 0 Å². The third-order valence-corrected chi connectivity index (χ3v) is 3.18. The van der Waals surface area contributed by atoms with E-state index in [4.69, 9.17) is 0 Å². The van der Waals surface area contributed by atoms with Crippen molar-refractivity contribution in [1.29, 1.82) is 0 Å². The zero-order valence-corrected chi connectivity index (χ0v) is 8.27. The summed E-state index contributed by atoms with van der Waals surface area (Å²) < 4.78 is 0. The molecule has 0 spiro atoms. The summed E-state index contributed by atoms with van der Waals surface area (Å²) in [4.78, 5) is 0. The van der Waals surface area contributed by atoms with Crippen LogP contribution < -0.4 is 0 Å². The Labute approximate surface area is 79.5 Å². The molecule has 64 valence electrons. The van der Waals surface area contributed by atoms with Gasteiger partial charge in [0.25, 0.3) is 0 Å². The lowest BCUT2D eigenvalue weighted by molar-refractivity contribution is 0.873. The predicted octanol–water partition coefficient (Wildman–Crippen LogP) is 3.28. The summed E-state index contributed by atoms with van der Waals surface area (Å²) in [7, 11) is 0. The molecule has 2 aliphatic carbocycles. The fourth-order valence-corrected chi connectivity index (χ4v) is 2.31. The summed E-state index contributed by atoms with van der Waals surface area (Å²) in [5, 5.41) is 0.445. The Bertz CT molecular complexity index is 281. The standard InChI is InChI=1S/C11H14S/c1-8-6-7-11(12)10-5-3-2-4-9(8)10/h3,5-6,11-12H,2,4,7H2,1H3. The normalized spacial score (nSPS) is 28.5. The van der Waals surface area contributed by atoms with Crippen LogP contribution in [0.15, 0.2) is 34.9 Å². The van der Waals surface area contributed by atoms with Crippen LogP contribution in [0.1, 0.15) is 26.2 Å². The average molecular weight is 178 g/mol. The summed E-state index contributed by atoms with van der Waals surface area (Å²) in [6.45, 7) is 2.22. The van der Waals surface area contributed by atoms with Gasteiger partial charge in [-0.3, -0.25) is 0 Å². The molecule has 0 aromatic rings. The average Bonchev–Trinajstić information content (AvgIpc) is 2.12. The maximum Gasteiger partial charge on any atom is 0.0304 e. The lowest BCUT2D eigenvalue weighted by Gasteiger charge is -2.25. The topological polar surface area (TPSA) is 0 Å². The SMILES string of the molecule is CC1=CCC(S)C2=C1CCC=C2. The van der Waals surface area contributed by atoms with E-state index < -0.39 is 0 Å². The number of hydrogen-bond acceptors (Lipinski definition) is 1. The molecule has 0 saturated heterocycles. The van der Waals surface area contributed by atoms with Crippen molar-refractivity contribution in [2.45, 2.75) is 31.4 Å². The van der Waals surface area contributed by atoms with Crippen molar-refractivity contribution in [3.05, 3.63) is 34.9 Å². The molecule has 0 fully saturated rings. The van der Waals surface area contributed by atoms with Crippen LogP contribution in [0, 0.1) is 0 Å². The molecular weight excluding hydrogens is 164 g/mol. The Balaban J connectivity index is 2.41. The molecule has 0 saturated carbocycles. The van der Waals surface area contributed by atoms with Gasteiger partial charge in [0.1, 0.15) is 0 Å².